The van der Waals surface area contributed by atoms with Crippen LogP contribution in [0.1, 0.15) is 5.56 Å². The normalized spacial score (nSPS) is 11.0. The van der Waals surface area contributed by atoms with Gasteiger partial charge in [0.05, 0.1) is 27.7 Å². The molecule has 22 heavy (non-hydrogen) atoms. The van der Waals surface area contributed by atoms with Crippen molar-refractivity contribution >= 4 is 40.1 Å². The van der Waals surface area contributed by atoms with Crippen LogP contribution in [-0.2, 0) is 11.2 Å². The number of rotatable bonds is 3. The lowest BCUT2D eigenvalue weighted by atomic mass is 10.0. The number of aromatic amines is 1. The molecule has 0 aliphatic rings. The zero-order valence-electron chi connectivity index (χ0n) is 11.2. The van der Waals surface area contributed by atoms with E-state index in [1.807, 2.05) is 0 Å². The van der Waals surface area contributed by atoms with Crippen molar-refractivity contribution in [3.05, 3.63) is 57.8 Å². The van der Waals surface area contributed by atoms with E-state index in [0.717, 1.165) is 0 Å². The monoisotopic (exact) mass is 337 g/mol. The van der Waals surface area contributed by atoms with Gasteiger partial charge in [-0.15, -0.1) is 0 Å². The smallest absolute Gasteiger partial charge is 0.307 e. The molecular weight excluding hydrogens is 328 g/mol. The Balaban J connectivity index is 2.29. The number of aromatic nitrogens is 1. The molecule has 0 radical (unpaired) electrons. The number of carboxylic acids is 1. The minimum atomic E-state index is -0.994. The standard InChI is InChI=1S/C16H10Cl2FNO2/c17-11-5-4-8(6-12(11)18)15-10(7-14(21)22)9-2-1-3-13(19)16(9)20-15/h1-6,20H,7H2,(H,21,22). The summed E-state index contributed by atoms with van der Waals surface area (Å²) in [5.74, 6) is -1.43. The van der Waals surface area contributed by atoms with Gasteiger partial charge in [0.2, 0.25) is 0 Å². The van der Waals surface area contributed by atoms with Crippen molar-refractivity contribution in [2.75, 3.05) is 0 Å². The predicted molar refractivity (Wildman–Crippen MR) is 85.1 cm³/mol. The number of hydrogen-bond donors (Lipinski definition) is 2. The molecule has 2 N–H and O–H groups in total. The number of aliphatic carboxylic acids is 1. The average Bonchev–Trinajstić information content (AvgIpc) is 2.82. The lowest BCUT2D eigenvalue weighted by Gasteiger charge is -2.04. The third-order valence-corrected chi connectivity index (χ3v) is 4.17. The molecule has 6 heteroatoms. The fourth-order valence-electron chi connectivity index (χ4n) is 2.47. The summed E-state index contributed by atoms with van der Waals surface area (Å²) >= 11 is 11.9. The number of carbonyl (C=O) groups is 1. The molecule has 2 aromatic carbocycles. The van der Waals surface area contributed by atoms with Gasteiger partial charge in [-0.3, -0.25) is 4.79 Å². The summed E-state index contributed by atoms with van der Waals surface area (Å²) in [5, 5.41) is 10.4. The zero-order valence-corrected chi connectivity index (χ0v) is 12.7. The molecule has 0 saturated carbocycles. The summed E-state index contributed by atoms with van der Waals surface area (Å²) in [4.78, 5) is 14.1. The highest BCUT2D eigenvalue weighted by Crippen LogP contribution is 2.34. The number of nitrogens with one attached hydrogen (secondary N) is 1. The number of hydrogen-bond acceptors (Lipinski definition) is 1. The minimum absolute atomic E-state index is 0.223. The van der Waals surface area contributed by atoms with Gasteiger partial charge in [0.15, 0.2) is 0 Å². The highest BCUT2D eigenvalue weighted by Gasteiger charge is 2.18. The molecule has 0 bridgehead atoms. The maximum Gasteiger partial charge on any atom is 0.307 e. The molecule has 3 rings (SSSR count). The van der Waals surface area contributed by atoms with Crippen molar-refractivity contribution in [2.45, 2.75) is 6.42 Å². The Hall–Kier alpha value is -2.04. The molecule has 1 aromatic heterocycles. The van der Waals surface area contributed by atoms with Crippen molar-refractivity contribution in [1.29, 1.82) is 0 Å². The van der Waals surface area contributed by atoms with E-state index >= 15 is 0 Å². The summed E-state index contributed by atoms with van der Waals surface area (Å²) in [6, 6.07) is 9.51. The van der Waals surface area contributed by atoms with E-state index in [9.17, 15) is 9.18 Å². The van der Waals surface area contributed by atoms with Gasteiger partial charge >= 0.3 is 5.97 Å². The van der Waals surface area contributed by atoms with Gasteiger partial charge in [-0.25, -0.2) is 4.39 Å². The first-order valence-electron chi connectivity index (χ1n) is 6.43. The second-order valence-electron chi connectivity index (χ2n) is 4.84. The summed E-state index contributed by atoms with van der Waals surface area (Å²) in [5.41, 5.74) is 1.97. The van der Waals surface area contributed by atoms with E-state index < -0.39 is 11.8 Å². The van der Waals surface area contributed by atoms with Crippen LogP contribution in [0.15, 0.2) is 36.4 Å². The molecule has 3 aromatic rings. The van der Waals surface area contributed by atoms with E-state index in [1.165, 1.54) is 6.07 Å². The molecular formula is C16H10Cl2FNO2. The van der Waals surface area contributed by atoms with Gasteiger partial charge in [-0.1, -0.05) is 41.4 Å². The van der Waals surface area contributed by atoms with Crippen molar-refractivity contribution in [2.24, 2.45) is 0 Å². The Morgan fingerprint density at radius 3 is 2.64 bits per heavy atom. The Morgan fingerprint density at radius 2 is 1.95 bits per heavy atom. The van der Waals surface area contributed by atoms with Crippen LogP contribution in [0.5, 0.6) is 0 Å². The van der Waals surface area contributed by atoms with Gasteiger partial charge in [-0.05, 0) is 29.3 Å². The first-order chi connectivity index (χ1) is 10.5. The van der Waals surface area contributed by atoms with Gasteiger partial charge in [-0.2, -0.15) is 0 Å². The fourth-order valence-corrected chi connectivity index (χ4v) is 2.77. The number of carboxylic acid groups (broad SMARTS) is 1. The summed E-state index contributed by atoms with van der Waals surface area (Å²) < 4.78 is 14.0. The molecule has 0 saturated heterocycles. The van der Waals surface area contributed by atoms with Crippen LogP contribution in [0.4, 0.5) is 4.39 Å². The van der Waals surface area contributed by atoms with Crippen molar-refractivity contribution in [3.63, 3.8) is 0 Å². The van der Waals surface area contributed by atoms with E-state index in [-0.39, 0.29) is 11.9 Å². The Kier molecular flexibility index (Phi) is 3.81. The highest BCUT2D eigenvalue weighted by atomic mass is 35.5. The molecule has 0 spiro atoms. The van der Waals surface area contributed by atoms with E-state index in [2.05, 4.69) is 4.98 Å². The maximum absolute atomic E-state index is 14.0. The lowest BCUT2D eigenvalue weighted by Crippen LogP contribution is -2.00. The summed E-state index contributed by atoms with van der Waals surface area (Å²) in [6.07, 6.45) is -0.223. The quantitative estimate of drug-likeness (QED) is 0.713. The van der Waals surface area contributed by atoms with Crippen molar-refractivity contribution < 1.29 is 14.3 Å². The molecule has 0 amide bonds. The van der Waals surface area contributed by atoms with Gasteiger partial charge < -0.3 is 10.1 Å². The molecule has 0 fully saturated rings. The van der Waals surface area contributed by atoms with Crippen LogP contribution < -0.4 is 0 Å². The number of fused-ring (bicyclic) bond motifs is 1. The molecule has 0 aliphatic heterocycles. The predicted octanol–water partition coefficient (Wildman–Crippen LogP) is 4.91. The summed E-state index contributed by atoms with van der Waals surface area (Å²) in [7, 11) is 0. The maximum atomic E-state index is 14.0. The van der Waals surface area contributed by atoms with E-state index in [4.69, 9.17) is 28.3 Å². The second kappa shape index (κ2) is 5.63. The molecule has 112 valence electrons. The largest absolute Gasteiger partial charge is 0.481 e. The summed E-state index contributed by atoms with van der Waals surface area (Å²) in [6.45, 7) is 0. The van der Waals surface area contributed by atoms with Gasteiger partial charge in [0.25, 0.3) is 0 Å². The van der Waals surface area contributed by atoms with Crippen LogP contribution in [-0.4, -0.2) is 16.1 Å². The van der Waals surface area contributed by atoms with Gasteiger partial charge in [0, 0.05) is 5.39 Å². The number of halogens is 3. The average molecular weight is 338 g/mol. The van der Waals surface area contributed by atoms with E-state index in [1.54, 1.807) is 30.3 Å². The van der Waals surface area contributed by atoms with Crippen molar-refractivity contribution in [1.82, 2.24) is 4.98 Å². The Labute approximate surface area is 135 Å². The third-order valence-electron chi connectivity index (χ3n) is 3.43. The zero-order chi connectivity index (χ0) is 15.9. The Morgan fingerprint density at radius 1 is 1.18 bits per heavy atom. The number of benzene rings is 2. The third kappa shape index (κ3) is 2.56. The molecule has 0 aliphatic carbocycles. The number of para-hydroxylation sites is 1. The van der Waals surface area contributed by atoms with E-state index in [0.29, 0.717) is 32.3 Å². The molecule has 1 heterocycles. The number of H-pyrrole nitrogens is 1. The first kappa shape index (κ1) is 14.9. The lowest BCUT2D eigenvalue weighted by molar-refractivity contribution is -0.136. The topological polar surface area (TPSA) is 53.1 Å². The van der Waals surface area contributed by atoms with Gasteiger partial charge in [0.1, 0.15) is 5.82 Å². The fraction of sp³-hybridized carbons (Fsp3) is 0.0625. The Bertz CT molecular complexity index is 889. The van der Waals surface area contributed by atoms with Crippen LogP contribution >= 0.6 is 23.2 Å². The molecule has 0 atom stereocenters. The first-order valence-corrected chi connectivity index (χ1v) is 7.19. The van der Waals surface area contributed by atoms with Crippen LogP contribution in [0.3, 0.4) is 0 Å². The highest BCUT2D eigenvalue weighted by molar-refractivity contribution is 6.42. The van der Waals surface area contributed by atoms with Crippen LogP contribution in [0.25, 0.3) is 22.2 Å². The molecule has 3 nitrogen and oxygen atoms in total. The van der Waals surface area contributed by atoms with Crippen molar-refractivity contribution in [3.8, 4) is 11.3 Å². The van der Waals surface area contributed by atoms with Crippen LogP contribution in [0, 0.1) is 5.82 Å². The SMILES string of the molecule is O=C(O)Cc1c(-c2ccc(Cl)c(Cl)c2)[nH]c2c(F)cccc12. The molecule has 0 unspecified atom stereocenters. The minimum Gasteiger partial charge on any atom is -0.481 e. The van der Waals surface area contributed by atoms with Crippen LogP contribution in [0.2, 0.25) is 10.0 Å². The second-order valence-corrected chi connectivity index (χ2v) is 5.65.